The van der Waals surface area contributed by atoms with Crippen molar-refractivity contribution in [3.63, 3.8) is 0 Å². The van der Waals surface area contributed by atoms with E-state index in [1.54, 1.807) is 48.8 Å². The molecule has 2 amide bonds. The van der Waals surface area contributed by atoms with Gasteiger partial charge >= 0.3 is 0 Å². The van der Waals surface area contributed by atoms with Crippen molar-refractivity contribution in [2.45, 2.75) is 12.5 Å². The molecule has 0 saturated heterocycles. The van der Waals surface area contributed by atoms with Crippen LogP contribution in [0.1, 0.15) is 15.9 Å². The molecular formula is C23H19ClN4O2. The van der Waals surface area contributed by atoms with Crippen molar-refractivity contribution in [1.29, 1.82) is 0 Å². The second-order valence-corrected chi connectivity index (χ2v) is 7.21. The third kappa shape index (κ3) is 4.34. The van der Waals surface area contributed by atoms with E-state index in [0.29, 0.717) is 22.7 Å². The lowest BCUT2D eigenvalue weighted by molar-refractivity contribution is -0.118. The largest absolute Gasteiger partial charge is 0.361 e. The summed E-state index contributed by atoms with van der Waals surface area (Å²) in [6.45, 7) is 0. The third-order valence-electron chi connectivity index (χ3n) is 4.77. The Kier molecular flexibility index (Phi) is 5.77. The quantitative estimate of drug-likeness (QED) is 0.438. The number of pyridine rings is 1. The number of hydrogen-bond donors (Lipinski definition) is 3. The maximum atomic E-state index is 13.0. The van der Waals surface area contributed by atoms with E-state index in [1.165, 1.54) is 0 Å². The molecule has 7 heteroatoms. The minimum atomic E-state index is -0.812. The molecule has 30 heavy (non-hydrogen) atoms. The molecule has 6 nitrogen and oxygen atoms in total. The minimum Gasteiger partial charge on any atom is -0.361 e. The fraction of sp³-hybridized carbons (Fsp3) is 0.0870. The van der Waals surface area contributed by atoms with Gasteiger partial charge in [-0.15, -0.1) is 0 Å². The van der Waals surface area contributed by atoms with Crippen LogP contribution in [-0.2, 0) is 11.2 Å². The van der Waals surface area contributed by atoms with Crippen LogP contribution in [-0.4, -0.2) is 27.8 Å². The van der Waals surface area contributed by atoms with Gasteiger partial charge in [0.15, 0.2) is 0 Å². The van der Waals surface area contributed by atoms with Crippen molar-refractivity contribution in [2.24, 2.45) is 0 Å². The van der Waals surface area contributed by atoms with Crippen LogP contribution in [0.2, 0.25) is 5.02 Å². The molecule has 2 aromatic heterocycles. The van der Waals surface area contributed by atoms with E-state index in [4.69, 9.17) is 11.6 Å². The second-order valence-electron chi connectivity index (χ2n) is 6.80. The van der Waals surface area contributed by atoms with Crippen LogP contribution >= 0.6 is 11.6 Å². The molecule has 0 bridgehead atoms. The van der Waals surface area contributed by atoms with Gasteiger partial charge in [-0.25, -0.2) is 0 Å². The average molecular weight is 419 g/mol. The van der Waals surface area contributed by atoms with Crippen LogP contribution < -0.4 is 10.6 Å². The molecule has 1 atom stereocenters. The lowest BCUT2D eigenvalue weighted by atomic mass is 10.0. The summed E-state index contributed by atoms with van der Waals surface area (Å²) >= 11 is 6.16. The molecule has 150 valence electrons. The van der Waals surface area contributed by atoms with Crippen LogP contribution in [0.15, 0.2) is 79.3 Å². The van der Waals surface area contributed by atoms with Gasteiger partial charge in [-0.2, -0.15) is 0 Å². The Morgan fingerprint density at radius 1 is 1.03 bits per heavy atom. The number of carbonyl (C=O) groups excluding carboxylic acids is 2. The molecule has 0 fully saturated rings. The summed E-state index contributed by atoms with van der Waals surface area (Å²) in [6.07, 6.45) is 5.35. The zero-order chi connectivity index (χ0) is 20.9. The molecule has 0 aliphatic heterocycles. The van der Waals surface area contributed by atoms with E-state index in [2.05, 4.69) is 20.6 Å². The van der Waals surface area contributed by atoms with E-state index in [0.717, 1.165) is 16.5 Å². The maximum Gasteiger partial charge on any atom is 0.253 e. The van der Waals surface area contributed by atoms with Crippen molar-refractivity contribution < 1.29 is 9.59 Å². The number of aromatic amines is 1. The van der Waals surface area contributed by atoms with E-state index >= 15 is 0 Å². The van der Waals surface area contributed by atoms with Crippen LogP contribution in [0.3, 0.4) is 0 Å². The Morgan fingerprint density at radius 3 is 2.63 bits per heavy atom. The number of nitrogens with zero attached hydrogens (tertiary/aromatic N) is 1. The SMILES string of the molecule is O=C(N[C@@H](Cc1c[nH]c2ccccc12)C(=O)Nc1cccnc1)c1ccccc1Cl. The molecule has 4 rings (SSSR count). The summed E-state index contributed by atoms with van der Waals surface area (Å²) < 4.78 is 0. The number of H-pyrrole nitrogens is 1. The molecule has 0 radical (unpaired) electrons. The van der Waals surface area contributed by atoms with Gasteiger partial charge < -0.3 is 15.6 Å². The first-order chi connectivity index (χ1) is 14.6. The Bertz CT molecular complexity index is 1190. The highest BCUT2D eigenvalue weighted by Crippen LogP contribution is 2.20. The van der Waals surface area contributed by atoms with Gasteiger partial charge in [0.1, 0.15) is 6.04 Å². The number of rotatable bonds is 6. The lowest BCUT2D eigenvalue weighted by Gasteiger charge is -2.19. The maximum absolute atomic E-state index is 13.0. The molecule has 0 spiro atoms. The standard InChI is InChI=1S/C23H19ClN4O2/c24-19-9-3-1-8-18(19)22(29)28-21(23(30)27-16-6-5-11-25-14-16)12-15-13-26-20-10-4-2-7-17(15)20/h1-11,13-14,21,26H,12H2,(H,27,30)(H,28,29)/t21-/m0/s1. The number of hydrogen-bond acceptors (Lipinski definition) is 3. The lowest BCUT2D eigenvalue weighted by Crippen LogP contribution is -2.45. The second kappa shape index (κ2) is 8.80. The molecule has 0 unspecified atom stereocenters. The Labute approximate surface area is 178 Å². The summed E-state index contributed by atoms with van der Waals surface area (Å²) in [5.74, 6) is -0.750. The van der Waals surface area contributed by atoms with Crippen LogP contribution in [0.5, 0.6) is 0 Å². The normalized spacial score (nSPS) is 11.8. The predicted molar refractivity (Wildman–Crippen MR) is 118 cm³/mol. The smallest absolute Gasteiger partial charge is 0.253 e. The number of fused-ring (bicyclic) bond motifs is 1. The summed E-state index contributed by atoms with van der Waals surface area (Å²) in [5, 5.41) is 6.97. The number of halogens is 1. The predicted octanol–water partition coefficient (Wildman–Crippen LogP) is 4.20. The summed E-state index contributed by atoms with van der Waals surface area (Å²) in [4.78, 5) is 33.1. The molecule has 2 heterocycles. The van der Waals surface area contributed by atoms with Gasteiger partial charge in [-0.3, -0.25) is 14.6 Å². The molecule has 4 aromatic rings. The highest BCUT2D eigenvalue weighted by Gasteiger charge is 2.24. The van der Waals surface area contributed by atoms with Crippen molar-refractivity contribution in [3.8, 4) is 0 Å². The zero-order valence-corrected chi connectivity index (χ0v) is 16.7. The molecule has 2 aromatic carbocycles. The fourth-order valence-electron chi connectivity index (χ4n) is 3.28. The molecule has 0 aliphatic carbocycles. The Balaban J connectivity index is 1.61. The van der Waals surface area contributed by atoms with Crippen molar-refractivity contribution in [2.75, 3.05) is 5.32 Å². The van der Waals surface area contributed by atoms with Gasteiger partial charge in [-0.1, -0.05) is 41.9 Å². The third-order valence-corrected chi connectivity index (χ3v) is 5.10. The Hall–Kier alpha value is -3.64. The fourth-order valence-corrected chi connectivity index (χ4v) is 3.50. The van der Waals surface area contributed by atoms with Gasteiger partial charge in [0.05, 0.1) is 22.5 Å². The van der Waals surface area contributed by atoms with Crippen LogP contribution in [0.4, 0.5) is 5.69 Å². The van der Waals surface area contributed by atoms with Crippen molar-refractivity contribution in [3.05, 3.63) is 95.4 Å². The summed E-state index contributed by atoms with van der Waals surface area (Å²) in [6, 6.07) is 17.2. The first-order valence-corrected chi connectivity index (χ1v) is 9.81. The monoisotopic (exact) mass is 418 g/mol. The van der Waals surface area contributed by atoms with Crippen LogP contribution in [0.25, 0.3) is 10.9 Å². The van der Waals surface area contributed by atoms with E-state index in [9.17, 15) is 9.59 Å². The molecular weight excluding hydrogens is 400 g/mol. The number of benzene rings is 2. The number of anilines is 1. The first-order valence-electron chi connectivity index (χ1n) is 9.43. The number of para-hydroxylation sites is 1. The van der Waals surface area contributed by atoms with Gasteiger partial charge in [0.2, 0.25) is 5.91 Å². The minimum absolute atomic E-state index is 0.312. The molecule has 3 N–H and O–H groups in total. The highest BCUT2D eigenvalue weighted by molar-refractivity contribution is 6.33. The first kappa shape index (κ1) is 19.7. The number of nitrogens with one attached hydrogen (secondary N) is 3. The van der Waals surface area contributed by atoms with Gasteiger partial charge in [-0.05, 0) is 35.9 Å². The topological polar surface area (TPSA) is 86.9 Å². The van der Waals surface area contributed by atoms with E-state index in [-0.39, 0.29) is 5.91 Å². The summed E-state index contributed by atoms with van der Waals surface area (Å²) in [7, 11) is 0. The van der Waals surface area contributed by atoms with Crippen LogP contribution in [0, 0.1) is 0 Å². The highest BCUT2D eigenvalue weighted by atomic mass is 35.5. The zero-order valence-electron chi connectivity index (χ0n) is 15.9. The van der Waals surface area contributed by atoms with Gasteiger partial charge in [0, 0.05) is 29.7 Å². The summed E-state index contributed by atoms with van der Waals surface area (Å²) in [5.41, 5.74) is 2.77. The van der Waals surface area contributed by atoms with E-state index < -0.39 is 11.9 Å². The van der Waals surface area contributed by atoms with Crippen molar-refractivity contribution >= 4 is 40.0 Å². The number of amides is 2. The van der Waals surface area contributed by atoms with E-state index in [1.807, 2.05) is 30.5 Å². The average Bonchev–Trinajstić information content (AvgIpc) is 3.17. The number of aromatic nitrogens is 2. The molecule has 0 saturated carbocycles. The molecule has 0 aliphatic rings. The van der Waals surface area contributed by atoms with Crippen molar-refractivity contribution in [1.82, 2.24) is 15.3 Å². The van der Waals surface area contributed by atoms with Gasteiger partial charge in [0.25, 0.3) is 5.91 Å². The number of carbonyl (C=O) groups is 2. The Morgan fingerprint density at radius 2 is 1.83 bits per heavy atom.